The third-order valence-electron chi connectivity index (χ3n) is 5.20. The first-order chi connectivity index (χ1) is 12.3. The number of sulfonamides is 1. The summed E-state index contributed by atoms with van der Waals surface area (Å²) in [6.07, 6.45) is 4.99. The minimum absolute atomic E-state index is 0.0524. The molecule has 26 heavy (non-hydrogen) atoms. The van der Waals surface area contributed by atoms with Crippen LogP contribution < -0.4 is 0 Å². The molecule has 1 unspecified atom stereocenters. The average molecular weight is 391 g/mol. The van der Waals surface area contributed by atoms with Gasteiger partial charge in [0.25, 0.3) is 0 Å². The second kappa shape index (κ2) is 9.66. The van der Waals surface area contributed by atoms with Crippen molar-refractivity contribution < 1.29 is 27.9 Å². The molecule has 2 rings (SSSR count). The molecule has 9 heteroatoms. The Balaban J connectivity index is 1.92. The number of piperidine rings is 1. The smallest absolute Gasteiger partial charge is 0.323 e. The van der Waals surface area contributed by atoms with Crippen LogP contribution in [0.3, 0.4) is 0 Å². The van der Waals surface area contributed by atoms with E-state index in [9.17, 15) is 23.1 Å². The lowest BCUT2D eigenvalue weighted by Gasteiger charge is -2.37. The van der Waals surface area contributed by atoms with Gasteiger partial charge >= 0.3 is 5.97 Å². The summed E-state index contributed by atoms with van der Waals surface area (Å²) in [4.78, 5) is 25.3. The maximum Gasteiger partial charge on any atom is 0.323 e. The lowest BCUT2D eigenvalue weighted by atomic mass is 10.0. The highest BCUT2D eigenvalue weighted by Gasteiger charge is 2.32. The first-order valence-corrected chi connectivity index (χ1v) is 11.0. The van der Waals surface area contributed by atoms with Gasteiger partial charge in [-0.15, -0.1) is 0 Å². The molecular weight excluding hydrogens is 360 g/mol. The summed E-state index contributed by atoms with van der Waals surface area (Å²) in [5.41, 5.74) is 0. The van der Waals surface area contributed by atoms with Gasteiger partial charge < -0.3 is 14.7 Å². The fraction of sp³-hybridized carbons (Fsp3) is 0.882. The second-order valence-corrected chi connectivity index (χ2v) is 9.23. The maximum atomic E-state index is 12.6. The summed E-state index contributed by atoms with van der Waals surface area (Å²) in [6.45, 7) is 2.65. The monoisotopic (exact) mass is 390 g/mol. The summed E-state index contributed by atoms with van der Waals surface area (Å²) >= 11 is 0. The SMILES string of the molecule is CCS(=O)(=O)N1CCC(N(CC(=O)O)C(=O)CCC2CCCCO2)CC1. The van der Waals surface area contributed by atoms with E-state index in [0.29, 0.717) is 32.4 Å². The van der Waals surface area contributed by atoms with Gasteiger partial charge in [0.05, 0.1) is 11.9 Å². The first-order valence-electron chi connectivity index (χ1n) is 9.44. The van der Waals surface area contributed by atoms with Crippen LogP contribution >= 0.6 is 0 Å². The molecule has 0 aromatic heterocycles. The minimum atomic E-state index is -3.24. The average Bonchev–Trinajstić information content (AvgIpc) is 2.65. The van der Waals surface area contributed by atoms with Crippen LogP contribution in [0.25, 0.3) is 0 Å². The topological polar surface area (TPSA) is 104 Å². The Kier molecular flexibility index (Phi) is 7.85. The predicted molar refractivity (Wildman–Crippen MR) is 96.2 cm³/mol. The zero-order valence-electron chi connectivity index (χ0n) is 15.4. The van der Waals surface area contributed by atoms with Gasteiger partial charge in [0.1, 0.15) is 6.54 Å². The normalized spacial score (nSPS) is 22.9. The van der Waals surface area contributed by atoms with Crippen LogP contribution in [0, 0.1) is 0 Å². The molecule has 2 aliphatic heterocycles. The molecule has 0 aliphatic carbocycles. The first kappa shape index (κ1) is 21.1. The number of aliphatic carboxylic acids is 1. The molecule has 2 heterocycles. The number of carboxylic acid groups (broad SMARTS) is 1. The van der Waals surface area contributed by atoms with Crippen LogP contribution in [0.2, 0.25) is 0 Å². The predicted octanol–water partition coefficient (Wildman–Crippen LogP) is 1.06. The maximum absolute atomic E-state index is 12.6. The number of carbonyl (C=O) groups is 2. The fourth-order valence-corrected chi connectivity index (χ4v) is 4.78. The number of rotatable bonds is 8. The molecule has 0 aromatic rings. The van der Waals surface area contributed by atoms with Gasteiger partial charge in [0.2, 0.25) is 15.9 Å². The summed E-state index contributed by atoms with van der Waals surface area (Å²) in [7, 11) is -3.24. The van der Waals surface area contributed by atoms with Crippen molar-refractivity contribution in [2.24, 2.45) is 0 Å². The van der Waals surface area contributed by atoms with Crippen LogP contribution in [-0.4, -0.2) is 78.7 Å². The number of hydrogen-bond donors (Lipinski definition) is 1. The molecule has 1 N–H and O–H groups in total. The molecule has 2 saturated heterocycles. The van der Waals surface area contributed by atoms with E-state index in [1.54, 1.807) is 6.92 Å². The number of amides is 1. The highest BCUT2D eigenvalue weighted by atomic mass is 32.2. The van der Waals surface area contributed by atoms with Crippen LogP contribution in [0.4, 0.5) is 0 Å². The van der Waals surface area contributed by atoms with E-state index in [4.69, 9.17) is 4.74 Å². The molecule has 2 fully saturated rings. The summed E-state index contributed by atoms with van der Waals surface area (Å²) in [5.74, 6) is -1.18. The van der Waals surface area contributed by atoms with Crippen molar-refractivity contribution in [3.8, 4) is 0 Å². The fourth-order valence-electron chi connectivity index (χ4n) is 3.64. The van der Waals surface area contributed by atoms with Crippen LogP contribution in [-0.2, 0) is 24.3 Å². The molecule has 1 atom stereocenters. The number of hydrogen-bond acceptors (Lipinski definition) is 5. The van der Waals surface area contributed by atoms with Gasteiger partial charge in [0.15, 0.2) is 0 Å². The lowest BCUT2D eigenvalue weighted by molar-refractivity contribution is -0.147. The highest BCUT2D eigenvalue weighted by molar-refractivity contribution is 7.89. The molecule has 1 amide bonds. The number of carbonyl (C=O) groups excluding carboxylic acids is 1. The van der Waals surface area contributed by atoms with Gasteiger partial charge in [0, 0.05) is 32.2 Å². The highest BCUT2D eigenvalue weighted by Crippen LogP contribution is 2.22. The van der Waals surface area contributed by atoms with Crippen molar-refractivity contribution in [2.75, 3.05) is 32.0 Å². The molecule has 0 aromatic carbocycles. The largest absolute Gasteiger partial charge is 0.480 e. The molecule has 0 radical (unpaired) electrons. The third-order valence-corrected chi connectivity index (χ3v) is 7.08. The van der Waals surface area contributed by atoms with E-state index in [1.807, 2.05) is 0 Å². The molecule has 8 nitrogen and oxygen atoms in total. The molecule has 0 bridgehead atoms. The van der Waals surface area contributed by atoms with Crippen molar-refractivity contribution in [3.63, 3.8) is 0 Å². The van der Waals surface area contributed by atoms with Gasteiger partial charge in [-0.05, 0) is 45.4 Å². The van der Waals surface area contributed by atoms with E-state index in [0.717, 1.165) is 25.9 Å². The summed E-state index contributed by atoms with van der Waals surface area (Å²) < 4.78 is 31.0. The zero-order valence-corrected chi connectivity index (χ0v) is 16.2. The summed E-state index contributed by atoms with van der Waals surface area (Å²) in [5, 5.41) is 9.17. The zero-order chi connectivity index (χ0) is 19.2. The van der Waals surface area contributed by atoms with Crippen molar-refractivity contribution >= 4 is 21.9 Å². The van der Waals surface area contributed by atoms with Crippen molar-refractivity contribution in [1.29, 1.82) is 0 Å². The Morgan fingerprint density at radius 3 is 2.42 bits per heavy atom. The quantitative estimate of drug-likeness (QED) is 0.665. The van der Waals surface area contributed by atoms with E-state index in [1.165, 1.54) is 9.21 Å². The van der Waals surface area contributed by atoms with Crippen LogP contribution in [0.15, 0.2) is 0 Å². The number of carboxylic acids is 1. The third kappa shape index (κ3) is 5.92. The van der Waals surface area contributed by atoms with Crippen molar-refractivity contribution in [2.45, 2.75) is 64.0 Å². The Morgan fingerprint density at radius 1 is 1.19 bits per heavy atom. The van der Waals surface area contributed by atoms with Crippen LogP contribution in [0.5, 0.6) is 0 Å². The van der Waals surface area contributed by atoms with Gasteiger partial charge in [-0.1, -0.05) is 0 Å². The number of ether oxygens (including phenoxy) is 1. The number of nitrogens with zero attached hydrogens (tertiary/aromatic N) is 2. The van der Waals surface area contributed by atoms with E-state index >= 15 is 0 Å². The molecule has 150 valence electrons. The molecule has 0 saturated carbocycles. The Hall–Kier alpha value is -1.19. The standard InChI is InChI=1S/C17H30N2O6S/c1-2-26(23,24)18-10-8-14(9-11-18)19(13-17(21)22)16(20)7-6-15-5-3-4-12-25-15/h14-15H,2-13H2,1H3,(H,21,22). The lowest BCUT2D eigenvalue weighted by Crippen LogP contribution is -2.50. The Morgan fingerprint density at radius 2 is 1.88 bits per heavy atom. The van der Waals surface area contributed by atoms with Crippen molar-refractivity contribution in [3.05, 3.63) is 0 Å². The van der Waals surface area contributed by atoms with Crippen molar-refractivity contribution in [1.82, 2.24) is 9.21 Å². The molecule has 2 aliphatic rings. The molecule has 0 spiro atoms. The Labute approximate surface area is 155 Å². The van der Waals surface area contributed by atoms with Gasteiger partial charge in [-0.25, -0.2) is 12.7 Å². The minimum Gasteiger partial charge on any atom is -0.480 e. The summed E-state index contributed by atoms with van der Waals surface area (Å²) in [6, 6.07) is -0.228. The van der Waals surface area contributed by atoms with Gasteiger partial charge in [-0.2, -0.15) is 0 Å². The van der Waals surface area contributed by atoms with E-state index in [2.05, 4.69) is 0 Å². The second-order valence-electron chi connectivity index (χ2n) is 6.97. The van der Waals surface area contributed by atoms with Crippen LogP contribution in [0.1, 0.15) is 51.9 Å². The van der Waals surface area contributed by atoms with E-state index in [-0.39, 0.29) is 36.8 Å². The van der Waals surface area contributed by atoms with E-state index < -0.39 is 16.0 Å². The van der Waals surface area contributed by atoms with Gasteiger partial charge in [-0.3, -0.25) is 9.59 Å². The Bertz CT molecular complexity index is 580. The molecular formula is C17H30N2O6S.